The lowest BCUT2D eigenvalue weighted by Crippen LogP contribution is -2.00. The van der Waals surface area contributed by atoms with Gasteiger partial charge >= 0.3 is 0 Å². The maximum Gasteiger partial charge on any atom is 0.227 e. The Hall–Kier alpha value is -1.91. The highest BCUT2D eigenvalue weighted by molar-refractivity contribution is 5.55. The number of hydrogen-bond donors (Lipinski definition) is 1. The average molecular weight is 217 g/mol. The molecule has 0 radical (unpaired) electrons. The second-order valence-corrected chi connectivity index (χ2v) is 3.90. The van der Waals surface area contributed by atoms with Gasteiger partial charge in [0.2, 0.25) is 5.95 Å². The molecule has 0 aliphatic carbocycles. The minimum atomic E-state index is 0.619. The van der Waals surface area contributed by atoms with Crippen LogP contribution in [0.3, 0.4) is 0 Å². The second kappa shape index (κ2) is 3.92. The quantitative estimate of drug-likeness (QED) is 0.834. The van der Waals surface area contributed by atoms with Crippen molar-refractivity contribution in [2.24, 2.45) is 7.05 Å². The SMILES string of the molecule is Cc1cc(C)nc(Nc2cn(C)nc2C)n1. The zero-order valence-electron chi connectivity index (χ0n) is 9.94. The van der Waals surface area contributed by atoms with Crippen LogP contribution in [0, 0.1) is 20.8 Å². The molecular formula is C11H15N5. The Kier molecular flexibility index (Phi) is 2.60. The summed E-state index contributed by atoms with van der Waals surface area (Å²) in [5, 5.41) is 7.42. The molecule has 84 valence electrons. The van der Waals surface area contributed by atoms with Gasteiger partial charge in [0.25, 0.3) is 0 Å². The molecule has 2 rings (SSSR count). The highest BCUT2D eigenvalue weighted by atomic mass is 15.3. The van der Waals surface area contributed by atoms with Gasteiger partial charge in [-0.15, -0.1) is 0 Å². The summed E-state index contributed by atoms with van der Waals surface area (Å²) in [6.45, 7) is 5.86. The Labute approximate surface area is 94.5 Å². The van der Waals surface area contributed by atoms with Gasteiger partial charge in [-0.25, -0.2) is 9.97 Å². The summed E-state index contributed by atoms with van der Waals surface area (Å²) in [6.07, 6.45) is 1.91. The van der Waals surface area contributed by atoms with Crippen molar-refractivity contribution in [2.45, 2.75) is 20.8 Å². The standard InChI is InChI=1S/C11H15N5/c1-7-5-8(2)13-11(12-7)14-10-6-16(4)15-9(10)3/h5-6H,1-4H3,(H,12,13,14). The molecular weight excluding hydrogens is 202 g/mol. The van der Waals surface area contributed by atoms with Gasteiger partial charge in [-0.2, -0.15) is 5.10 Å². The molecule has 0 amide bonds. The first-order valence-corrected chi connectivity index (χ1v) is 5.14. The van der Waals surface area contributed by atoms with Crippen LogP contribution in [0.1, 0.15) is 17.1 Å². The summed E-state index contributed by atoms with van der Waals surface area (Å²) in [4.78, 5) is 8.64. The van der Waals surface area contributed by atoms with Crippen molar-refractivity contribution in [1.82, 2.24) is 19.7 Å². The lowest BCUT2D eigenvalue weighted by atomic mass is 10.3. The number of anilines is 2. The molecule has 0 atom stereocenters. The monoisotopic (exact) mass is 217 g/mol. The maximum absolute atomic E-state index is 4.32. The Morgan fingerprint density at radius 2 is 1.75 bits per heavy atom. The van der Waals surface area contributed by atoms with Crippen LogP contribution in [0.5, 0.6) is 0 Å². The fraction of sp³-hybridized carbons (Fsp3) is 0.364. The summed E-state index contributed by atoms with van der Waals surface area (Å²) in [5.41, 5.74) is 3.78. The molecule has 0 saturated heterocycles. The van der Waals surface area contributed by atoms with Crippen LogP contribution in [0.4, 0.5) is 11.6 Å². The van der Waals surface area contributed by atoms with Gasteiger partial charge in [-0.1, -0.05) is 0 Å². The molecule has 0 aliphatic heterocycles. The van der Waals surface area contributed by atoms with Gasteiger partial charge in [0.05, 0.1) is 11.4 Å². The van der Waals surface area contributed by atoms with Gasteiger partial charge < -0.3 is 5.32 Å². The van der Waals surface area contributed by atoms with Crippen LogP contribution < -0.4 is 5.32 Å². The zero-order chi connectivity index (χ0) is 11.7. The third-order valence-electron chi connectivity index (χ3n) is 2.24. The van der Waals surface area contributed by atoms with Crippen LogP contribution in [0.2, 0.25) is 0 Å². The topological polar surface area (TPSA) is 55.6 Å². The molecule has 5 nitrogen and oxygen atoms in total. The molecule has 2 aromatic rings. The molecule has 16 heavy (non-hydrogen) atoms. The molecule has 2 heterocycles. The van der Waals surface area contributed by atoms with E-state index in [0.29, 0.717) is 5.95 Å². The minimum absolute atomic E-state index is 0.619. The van der Waals surface area contributed by atoms with Crippen molar-refractivity contribution in [3.8, 4) is 0 Å². The van der Waals surface area contributed by atoms with Crippen LogP contribution in [-0.4, -0.2) is 19.7 Å². The van der Waals surface area contributed by atoms with Crippen molar-refractivity contribution in [3.05, 3.63) is 29.3 Å². The van der Waals surface area contributed by atoms with Crippen molar-refractivity contribution in [2.75, 3.05) is 5.32 Å². The number of aryl methyl sites for hydroxylation is 4. The van der Waals surface area contributed by atoms with Crippen LogP contribution in [0.25, 0.3) is 0 Å². The molecule has 5 heteroatoms. The van der Waals surface area contributed by atoms with E-state index in [9.17, 15) is 0 Å². The summed E-state index contributed by atoms with van der Waals surface area (Å²) in [6, 6.07) is 1.95. The van der Waals surface area contributed by atoms with E-state index in [1.54, 1.807) is 4.68 Å². The fourth-order valence-electron chi connectivity index (χ4n) is 1.62. The molecule has 0 saturated carbocycles. The number of hydrogen-bond acceptors (Lipinski definition) is 4. The molecule has 0 aliphatic rings. The Morgan fingerprint density at radius 1 is 1.12 bits per heavy atom. The van der Waals surface area contributed by atoms with E-state index >= 15 is 0 Å². The van der Waals surface area contributed by atoms with Crippen LogP contribution in [-0.2, 0) is 7.05 Å². The second-order valence-electron chi connectivity index (χ2n) is 3.90. The molecule has 0 fully saturated rings. The number of aromatic nitrogens is 4. The third kappa shape index (κ3) is 2.18. The van der Waals surface area contributed by atoms with E-state index < -0.39 is 0 Å². The van der Waals surface area contributed by atoms with E-state index in [4.69, 9.17) is 0 Å². The van der Waals surface area contributed by atoms with Gasteiger partial charge in [-0.3, -0.25) is 4.68 Å². The number of nitrogens with one attached hydrogen (secondary N) is 1. The van der Waals surface area contributed by atoms with E-state index in [1.165, 1.54) is 0 Å². The van der Waals surface area contributed by atoms with E-state index in [-0.39, 0.29) is 0 Å². The van der Waals surface area contributed by atoms with Gasteiger partial charge in [0.1, 0.15) is 0 Å². The van der Waals surface area contributed by atoms with Crippen molar-refractivity contribution < 1.29 is 0 Å². The normalized spacial score (nSPS) is 10.5. The molecule has 0 aromatic carbocycles. The maximum atomic E-state index is 4.32. The Morgan fingerprint density at radius 3 is 2.25 bits per heavy atom. The Balaban J connectivity index is 2.30. The smallest absolute Gasteiger partial charge is 0.227 e. The van der Waals surface area contributed by atoms with Gasteiger partial charge in [0, 0.05) is 24.6 Å². The number of rotatable bonds is 2. The highest BCUT2D eigenvalue weighted by Crippen LogP contribution is 2.16. The van der Waals surface area contributed by atoms with E-state index in [1.807, 2.05) is 40.1 Å². The van der Waals surface area contributed by atoms with Crippen molar-refractivity contribution >= 4 is 11.6 Å². The van der Waals surface area contributed by atoms with Gasteiger partial charge in [-0.05, 0) is 26.8 Å². The lowest BCUT2D eigenvalue weighted by molar-refractivity contribution is 0.756. The Bertz CT molecular complexity index is 495. The van der Waals surface area contributed by atoms with Gasteiger partial charge in [0.15, 0.2) is 0 Å². The summed E-state index contributed by atoms with van der Waals surface area (Å²) in [5.74, 6) is 0.619. The predicted octanol–water partition coefficient (Wildman–Crippen LogP) is 1.88. The first-order valence-electron chi connectivity index (χ1n) is 5.14. The molecule has 0 bridgehead atoms. The first-order chi connectivity index (χ1) is 7.54. The lowest BCUT2D eigenvalue weighted by Gasteiger charge is -2.04. The predicted molar refractivity (Wildman–Crippen MR) is 62.7 cm³/mol. The summed E-state index contributed by atoms with van der Waals surface area (Å²) in [7, 11) is 1.89. The van der Waals surface area contributed by atoms with E-state index in [0.717, 1.165) is 22.8 Å². The molecule has 0 spiro atoms. The van der Waals surface area contributed by atoms with Crippen LogP contribution in [0.15, 0.2) is 12.3 Å². The summed E-state index contributed by atoms with van der Waals surface area (Å²) < 4.78 is 1.76. The molecule has 0 unspecified atom stereocenters. The van der Waals surface area contributed by atoms with E-state index in [2.05, 4.69) is 20.4 Å². The largest absolute Gasteiger partial charge is 0.321 e. The zero-order valence-corrected chi connectivity index (χ0v) is 9.94. The summed E-state index contributed by atoms with van der Waals surface area (Å²) >= 11 is 0. The minimum Gasteiger partial charge on any atom is -0.321 e. The average Bonchev–Trinajstić information content (AvgIpc) is 2.43. The van der Waals surface area contributed by atoms with Crippen LogP contribution >= 0.6 is 0 Å². The van der Waals surface area contributed by atoms with Crippen molar-refractivity contribution in [3.63, 3.8) is 0 Å². The molecule has 1 N–H and O–H groups in total. The molecule has 2 aromatic heterocycles. The third-order valence-corrected chi connectivity index (χ3v) is 2.24. The fourth-order valence-corrected chi connectivity index (χ4v) is 1.62. The highest BCUT2D eigenvalue weighted by Gasteiger charge is 2.05. The van der Waals surface area contributed by atoms with Crippen molar-refractivity contribution in [1.29, 1.82) is 0 Å². The first kappa shape index (κ1) is 10.6. The number of nitrogens with zero attached hydrogens (tertiary/aromatic N) is 4.